The molecular formula is C51H29N3O7. The lowest BCUT2D eigenvalue weighted by Gasteiger charge is -2.16. The van der Waals surface area contributed by atoms with Gasteiger partial charge < -0.3 is 4.74 Å². The molecule has 6 amide bonds. The lowest BCUT2D eigenvalue weighted by Crippen LogP contribution is -2.29. The van der Waals surface area contributed by atoms with Crippen molar-refractivity contribution in [3.8, 4) is 45.6 Å². The lowest BCUT2D eigenvalue weighted by molar-refractivity contribution is 0.0691. The third-order valence-electron chi connectivity index (χ3n) is 10.9. The van der Waals surface area contributed by atoms with Gasteiger partial charge in [0.15, 0.2) is 0 Å². The highest BCUT2D eigenvalue weighted by Crippen LogP contribution is 2.37. The number of benzene rings is 7. The average molecular weight is 796 g/mol. The van der Waals surface area contributed by atoms with Gasteiger partial charge in [-0.2, -0.15) is 0 Å². The van der Waals surface area contributed by atoms with Crippen LogP contribution in [0.2, 0.25) is 0 Å². The number of hydrogen-bond donors (Lipinski definition) is 0. The van der Waals surface area contributed by atoms with Crippen molar-refractivity contribution in [3.63, 3.8) is 0 Å². The van der Waals surface area contributed by atoms with Crippen molar-refractivity contribution >= 4 is 46.8 Å². The van der Waals surface area contributed by atoms with E-state index in [0.717, 1.165) is 37.6 Å². The highest BCUT2D eigenvalue weighted by atomic mass is 16.5. The summed E-state index contributed by atoms with van der Waals surface area (Å²) in [6.07, 6.45) is 0. The molecule has 0 radical (unpaired) electrons. The van der Waals surface area contributed by atoms with Gasteiger partial charge in [0.25, 0.3) is 35.4 Å². The molecule has 0 aliphatic carbocycles. The number of ether oxygens (including phenoxy) is 1. The van der Waals surface area contributed by atoms with Crippen molar-refractivity contribution in [1.29, 1.82) is 0 Å². The van der Waals surface area contributed by atoms with Crippen LogP contribution in [-0.2, 0) is 0 Å². The van der Waals surface area contributed by atoms with Crippen molar-refractivity contribution in [1.82, 2.24) is 4.90 Å². The Kier molecular flexibility index (Phi) is 8.59. The number of fused-ring (bicyclic) bond motifs is 3. The topological polar surface area (TPSA) is 121 Å². The molecule has 0 unspecified atom stereocenters. The van der Waals surface area contributed by atoms with Crippen molar-refractivity contribution in [2.75, 3.05) is 16.8 Å². The number of imide groups is 3. The molecule has 0 saturated carbocycles. The van der Waals surface area contributed by atoms with Gasteiger partial charge in [0.1, 0.15) is 11.5 Å². The third kappa shape index (κ3) is 6.25. The molecule has 3 aliphatic heterocycles. The average Bonchev–Trinajstić information content (AvgIpc) is 3.79. The van der Waals surface area contributed by atoms with Crippen molar-refractivity contribution < 1.29 is 33.5 Å². The van der Waals surface area contributed by atoms with E-state index in [0.29, 0.717) is 33.8 Å². The van der Waals surface area contributed by atoms with Crippen molar-refractivity contribution in [2.45, 2.75) is 0 Å². The normalized spacial score (nSPS) is 14.0. The molecule has 0 saturated heterocycles. The molecule has 61 heavy (non-hydrogen) atoms. The van der Waals surface area contributed by atoms with E-state index >= 15 is 0 Å². The Morgan fingerprint density at radius 3 is 1.36 bits per heavy atom. The molecule has 7 aromatic carbocycles. The molecule has 0 spiro atoms. The van der Waals surface area contributed by atoms with Gasteiger partial charge in [-0.3, -0.25) is 33.7 Å². The largest absolute Gasteiger partial charge is 0.457 e. The molecule has 0 atom stereocenters. The maximum absolute atomic E-state index is 13.8. The second kappa shape index (κ2) is 14.3. The van der Waals surface area contributed by atoms with E-state index in [2.05, 4.69) is 11.8 Å². The van der Waals surface area contributed by atoms with E-state index in [9.17, 15) is 28.8 Å². The number of anilines is 2. The SMILES string of the molecule is CN1C(=O)c2ccc(Oc3ccc4c(c3)C(=O)N(c3cccc(-c5cccc(-c6cccc(N7C(=O)c8ccc(C#Cc9ccccc9)cc8C7=O)c6)c5)c3)C4=O)cc2C1=O. The number of carbonyl (C=O) groups is 6. The fraction of sp³-hybridized carbons (Fsp3) is 0.0196. The second-order valence-electron chi connectivity index (χ2n) is 14.6. The molecule has 0 bridgehead atoms. The van der Waals surface area contributed by atoms with E-state index in [1.54, 1.807) is 66.7 Å². The Balaban J connectivity index is 0.881. The first kappa shape index (κ1) is 36.6. The lowest BCUT2D eigenvalue weighted by atomic mass is 9.98. The Labute approximate surface area is 348 Å². The quantitative estimate of drug-likeness (QED) is 0.122. The summed E-state index contributed by atoms with van der Waals surface area (Å²) in [4.78, 5) is 83.0. The minimum absolute atomic E-state index is 0.164. The van der Waals surface area contributed by atoms with E-state index in [1.165, 1.54) is 36.2 Å². The van der Waals surface area contributed by atoms with Gasteiger partial charge >= 0.3 is 0 Å². The highest BCUT2D eigenvalue weighted by Gasteiger charge is 2.39. The zero-order chi connectivity index (χ0) is 41.9. The molecule has 10 rings (SSSR count). The Hall–Kier alpha value is -8.68. The molecule has 7 aromatic rings. The summed E-state index contributed by atoms with van der Waals surface area (Å²) in [5.74, 6) is 4.10. The first-order chi connectivity index (χ1) is 29.6. The van der Waals surface area contributed by atoms with Gasteiger partial charge in [-0.05, 0) is 119 Å². The predicted molar refractivity (Wildman–Crippen MR) is 228 cm³/mol. The standard InChI is InChI=1S/C51H29N3O7/c1-52-46(55)40-22-19-38(28-44(40)47(52)56)61-39-20-23-42-45(29-39)51(60)54(49(42)58)37-15-7-13-35(27-37)33-11-5-10-32(25-33)34-12-6-14-36(26-34)53-48(57)41-21-18-31(24-43(41)50(53)59)17-16-30-8-3-2-4-9-30/h2-15,18-29H,1H3. The molecule has 0 aromatic heterocycles. The van der Waals surface area contributed by atoms with Crippen LogP contribution in [0, 0.1) is 11.8 Å². The van der Waals surface area contributed by atoms with Gasteiger partial charge in [-0.15, -0.1) is 0 Å². The summed E-state index contributed by atoms with van der Waals surface area (Å²) >= 11 is 0. The van der Waals surface area contributed by atoms with Crippen LogP contribution >= 0.6 is 0 Å². The first-order valence-corrected chi connectivity index (χ1v) is 19.2. The van der Waals surface area contributed by atoms with Crippen LogP contribution in [0.15, 0.2) is 158 Å². The summed E-state index contributed by atoms with van der Waals surface area (Å²) < 4.78 is 5.98. The smallest absolute Gasteiger partial charge is 0.266 e. The van der Waals surface area contributed by atoms with Gasteiger partial charge in [0.05, 0.1) is 44.8 Å². The zero-order valence-electron chi connectivity index (χ0n) is 32.2. The number of hydrogen-bond acceptors (Lipinski definition) is 7. The summed E-state index contributed by atoms with van der Waals surface area (Å²) in [7, 11) is 1.41. The van der Waals surface area contributed by atoms with E-state index in [-0.39, 0.29) is 28.0 Å². The van der Waals surface area contributed by atoms with Crippen molar-refractivity contribution in [3.05, 3.63) is 202 Å². The minimum atomic E-state index is -0.519. The van der Waals surface area contributed by atoms with Crippen LogP contribution in [-0.4, -0.2) is 47.4 Å². The molecule has 0 N–H and O–H groups in total. The predicted octanol–water partition coefficient (Wildman–Crippen LogP) is 9.04. The second-order valence-corrected chi connectivity index (χ2v) is 14.6. The highest BCUT2D eigenvalue weighted by molar-refractivity contribution is 6.35. The Morgan fingerprint density at radius 1 is 0.361 bits per heavy atom. The van der Waals surface area contributed by atoms with Gasteiger partial charge in [-0.25, -0.2) is 9.80 Å². The monoisotopic (exact) mass is 795 g/mol. The van der Waals surface area contributed by atoms with Crippen LogP contribution in [0.3, 0.4) is 0 Å². The Morgan fingerprint density at radius 2 is 0.787 bits per heavy atom. The van der Waals surface area contributed by atoms with Crippen molar-refractivity contribution in [2.24, 2.45) is 0 Å². The number of rotatable bonds is 6. The fourth-order valence-electron chi connectivity index (χ4n) is 7.80. The molecular weight excluding hydrogens is 767 g/mol. The summed E-state index contributed by atoms with van der Waals surface area (Å²) in [5.41, 5.74) is 6.93. The summed E-state index contributed by atoms with van der Waals surface area (Å²) in [6, 6.07) is 45.8. The van der Waals surface area contributed by atoms with Crippen LogP contribution in [0.4, 0.5) is 11.4 Å². The van der Waals surface area contributed by atoms with Gasteiger partial charge in [0, 0.05) is 18.2 Å². The van der Waals surface area contributed by atoms with E-state index in [1.807, 2.05) is 66.7 Å². The molecule has 10 nitrogen and oxygen atoms in total. The van der Waals surface area contributed by atoms with E-state index in [4.69, 9.17) is 4.74 Å². The minimum Gasteiger partial charge on any atom is -0.457 e. The Bertz CT molecular complexity index is 3180. The fourth-order valence-corrected chi connectivity index (χ4v) is 7.80. The number of carbonyl (C=O) groups excluding carboxylic acids is 6. The molecule has 3 heterocycles. The van der Waals surface area contributed by atoms with Crippen LogP contribution in [0.5, 0.6) is 11.5 Å². The van der Waals surface area contributed by atoms with E-state index < -0.39 is 35.4 Å². The van der Waals surface area contributed by atoms with Gasteiger partial charge in [0.2, 0.25) is 0 Å². The number of nitrogens with zero attached hydrogens (tertiary/aromatic N) is 3. The maximum atomic E-state index is 13.8. The molecule has 0 fully saturated rings. The molecule has 10 heteroatoms. The molecule has 290 valence electrons. The van der Waals surface area contributed by atoms with Crippen LogP contribution in [0.1, 0.15) is 73.3 Å². The summed E-state index contributed by atoms with van der Waals surface area (Å²) in [5, 5.41) is 0. The maximum Gasteiger partial charge on any atom is 0.266 e. The summed E-state index contributed by atoms with van der Waals surface area (Å²) in [6.45, 7) is 0. The third-order valence-corrected chi connectivity index (χ3v) is 10.9. The molecule has 3 aliphatic rings. The van der Waals surface area contributed by atoms with Crippen LogP contribution < -0.4 is 14.5 Å². The first-order valence-electron chi connectivity index (χ1n) is 19.2. The van der Waals surface area contributed by atoms with Crippen LogP contribution in [0.25, 0.3) is 22.3 Å². The number of amides is 6. The van der Waals surface area contributed by atoms with Gasteiger partial charge in [-0.1, -0.05) is 72.5 Å². The zero-order valence-corrected chi connectivity index (χ0v) is 32.2.